The summed E-state index contributed by atoms with van der Waals surface area (Å²) in [6.45, 7) is 2.96. The van der Waals surface area contributed by atoms with Crippen LogP contribution < -0.4 is 0 Å². The van der Waals surface area contributed by atoms with Gasteiger partial charge in [-0.2, -0.15) is 8.42 Å². The minimum atomic E-state index is -4.75. The first-order valence-electron chi connectivity index (χ1n) is 6.67. The van der Waals surface area contributed by atoms with Crippen molar-refractivity contribution in [3.05, 3.63) is 35.9 Å². The van der Waals surface area contributed by atoms with Crippen LogP contribution in [0.15, 0.2) is 30.3 Å². The van der Waals surface area contributed by atoms with E-state index in [-0.39, 0.29) is 18.8 Å². The highest BCUT2D eigenvalue weighted by Gasteiger charge is 2.45. The molecule has 0 heterocycles. The summed E-state index contributed by atoms with van der Waals surface area (Å²) in [5, 5.41) is -1.79. The highest BCUT2D eigenvalue weighted by atomic mass is 32.2. The topological polar surface area (TPSA) is 107 Å². The van der Waals surface area contributed by atoms with E-state index in [0.717, 1.165) is 0 Å². The Bertz CT molecular complexity index is 591. The van der Waals surface area contributed by atoms with Crippen LogP contribution in [0.3, 0.4) is 0 Å². The summed E-state index contributed by atoms with van der Waals surface area (Å²) in [5.74, 6) is -3.92. The van der Waals surface area contributed by atoms with Crippen molar-refractivity contribution in [2.24, 2.45) is 5.92 Å². The lowest BCUT2D eigenvalue weighted by Gasteiger charge is -2.22. The Hall–Kier alpha value is -1.93. The molecule has 22 heavy (non-hydrogen) atoms. The van der Waals surface area contributed by atoms with Crippen LogP contribution in [0, 0.1) is 5.92 Å². The standard InChI is InChI=1S/C14H18O7S/c1-3-20-13(15)11(14(16)21-4-2)12(22(17,18)19)10-8-6-5-7-9-10/h5-9,11-12H,3-4H2,1-2H3,(H,17,18,19)/t12-/m0/s1. The van der Waals surface area contributed by atoms with E-state index >= 15 is 0 Å². The van der Waals surface area contributed by atoms with Gasteiger partial charge in [0.2, 0.25) is 0 Å². The summed E-state index contributed by atoms with van der Waals surface area (Å²) in [5.41, 5.74) is 0.0936. The van der Waals surface area contributed by atoms with Crippen LogP contribution in [-0.2, 0) is 29.2 Å². The highest BCUT2D eigenvalue weighted by Crippen LogP contribution is 2.31. The Morgan fingerprint density at radius 2 is 1.50 bits per heavy atom. The van der Waals surface area contributed by atoms with Crippen molar-refractivity contribution >= 4 is 22.1 Å². The van der Waals surface area contributed by atoms with Crippen molar-refractivity contribution in [2.45, 2.75) is 19.1 Å². The van der Waals surface area contributed by atoms with Crippen LogP contribution >= 0.6 is 0 Å². The van der Waals surface area contributed by atoms with Gasteiger partial charge in [0.05, 0.1) is 13.2 Å². The van der Waals surface area contributed by atoms with E-state index in [9.17, 15) is 22.6 Å². The van der Waals surface area contributed by atoms with E-state index < -0.39 is 33.2 Å². The van der Waals surface area contributed by atoms with Gasteiger partial charge < -0.3 is 9.47 Å². The van der Waals surface area contributed by atoms with Crippen LogP contribution in [0.4, 0.5) is 0 Å². The number of ether oxygens (including phenoxy) is 2. The van der Waals surface area contributed by atoms with Crippen LogP contribution in [-0.4, -0.2) is 38.1 Å². The first kappa shape index (κ1) is 18.1. The van der Waals surface area contributed by atoms with Crippen molar-refractivity contribution in [1.29, 1.82) is 0 Å². The molecule has 0 saturated heterocycles. The molecule has 0 unspecified atom stereocenters. The average Bonchev–Trinajstić information content (AvgIpc) is 2.44. The third kappa shape index (κ3) is 4.54. The molecule has 0 aliphatic heterocycles. The number of rotatable bonds is 7. The normalized spacial score (nSPS) is 12.7. The van der Waals surface area contributed by atoms with Gasteiger partial charge in [-0.25, -0.2) is 0 Å². The monoisotopic (exact) mass is 330 g/mol. The zero-order chi connectivity index (χ0) is 16.8. The second-order valence-corrected chi connectivity index (χ2v) is 5.87. The first-order chi connectivity index (χ1) is 10.3. The van der Waals surface area contributed by atoms with E-state index in [4.69, 9.17) is 9.47 Å². The Labute approximate surface area is 129 Å². The first-order valence-corrected chi connectivity index (χ1v) is 8.17. The summed E-state index contributed by atoms with van der Waals surface area (Å²) in [4.78, 5) is 24.0. The van der Waals surface area contributed by atoms with E-state index in [0.29, 0.717) is 0 Å². The number of carbonyl (C=O) groups is 2. The summed E-state index contributed by atoms with van der Waals surface area (Å²) in [6, 6.07) is 7.48. The minimum Gasteiger partial charge on any atom is -0.465 e. The van der Waals surface area contributed by atoms with Crippen molar-refractivity contribution in [1.82, 2.24) is 0 Å². The third-order valence-electron chi connectivity index (χ3n) is 2.83. The molecule has 1 aromatic rings. The molecule has 0 aliphatic rings. The van der Waals surface area contributed by atoms with Crippen LogP contribution in [0.2, 0.25) is 0 Å². The van der Waals surface area contributed by atoms with Crippen molar-refractivity contribution < 1.29 is 32.0 Å². The van der Waals surface area contributed by atoms with Gasteiger partial charge in [0.15, 0.2) is 5.92 Å². The maximum Gasteiger partial charge on any atom is 0.322 e. The van der Waals surface area contributed by atoms with E-state index in [1.165, 1.54) is 38.1 Å². The highest BCUT2D eigenvalue weighted by molar-refractivity contribution is 7.86. The van der Waals surface area contributed by atoms with Gasteiger partial charge in [0.1, 0.15) is 5.25 Å². The number of hydrogen-bond acceptors (Lipinski definition) is 6. The largest absolute Gasteiger partial charge is 0.465 e. The van der Waals surface area contributed by atoms with Crippen molar-refractivity contribution in [2.75, 3.05) is 13.2 Å². The number of carbonyl (C=O) groups excluding carboxylic acids is 2. The molecule has 0 saturated carbocycles. The fourth-order valence-electron chi connectivity index (χ4n) is 1.99. The molecule has 0 amide bonds. The third-order valence-corrected chi connectivity index (χ3v) is 4.02. The van der Waals surface area contributed by atoms with Gasteiger partial charge >= 0.3 is 11.9 Å². The molecule has 1 N–H and O–H groups in total. The average molecular weight is 330 g/mol. The van der Waals surface area contributed by atoms with Crippen molar-refractivity contribution in [3.8, 4) is 0 Å². The number of benzene rings is 1. The number of esters is 2. The predicted molar refractivity (Wildman–Crippen MR) is 77.5 cm³/mol. The van der Waals surface area contributed by atoms with E-state index in [1.54, 1.807) is 6.07 Å². The quantitative estimate of drug-likeness (QED) is 0.457. The molecule has 0 spiro atoms. The van der Waals surface area contributed by atoms with E-state index in [2.05, 4.69) is 0 Å². The van der Waals surface area contributed by atoms with Gasteiger partial charge in [-0.1, -0.05) is 30.3 Å². The predicted octanol–water partition coefficient (Wildman–Crippen LogP) is 1.36. The molecule has 1 aromatic carbocycles. The SMILES string of the molecule is CCOC(=O)C(C(=O)OCC)[C@H](c1ccccc1)S(=O)(=O)O. The second kappa shape index (κ2) is 7.90. The zero-order valence-electron chi connectivity index (χ0n) is 12.3. The lowest BCUT2D eigenvalue weighted by atomic mass is 9.98. The Kier molecular flexibility index (Phi) is 6.51. The molecular weight excluding hydrogens is 312 g/mol. The smallest absolute Gasteiger partial charge is 0.322 e. The fourth-order valence-corrected chi connectivity index (χ4v) is 3.05. The molecule has 8 heteroatoms. The molecule has 0 aliphatic carbocycles. The van der Waals surface area contributed by atoms with Gasteiger partial charge in [0.25, 0.3) is 10.1 Å². The molecular formula is C14H18O7S. The second-order valence-electron chi connectivity index (χ2n) is 4.33. The van der Waals surface area contributed by atoms with E-state index in [1.807, 2.05) is 0 Å². The fraction of sp³-hybridized carbons (Fsp3) is 0.429. The van der Waals surface area contributed by atoms with Gasteiger partial charge in [0, 0.05) is 0 Å². The van der Waals surface area contributed by atoms with Gasteiger partial charge in [-0.3, -0.25) is 14.1 Å². The Morgan fingerprint density at radius 3 is 1.86 bits per heavy atom. The maximum absolute atomic E-state index is 12.0. The molecule has 0 radical (unpaired) electrons. The summed E-state index contributed by atoms with van der Waals surface area (Å²) < 4.78 is 42.5. The molecule has 0 fully saturated rings. The summed E-state index contributed by atoms with van der Waals surface area (Å²) in [7, 11) is -4.75. The van der Waals surface area contributed by atoms with Crippen LogP contribution in [0.5, 0.6) is 0 Å². The Morgan fingerprint density at radius 1 is 1.05 bits per heavy atom. The summed E-state index contributed by atoms with van der Waals surface area (Å²) >= 11 is 0. The maximum atomic E-state index is 12.0. The zero-order valence-corrected chi connectivity index (χ0v) is 13.1. The van der Waals surface area contributed by atoms with Crippen LogP contribution in [0.1, 0.15) is 24.7 Å². The molecule has 1 atom stereocenters. The molecule has 0 aromatic heterocycles. The van der Waals surface area contributed by atoms with Gasteiger partial charge in [-0.15, -0.1) is 0 Å². The van der Waals surface area contributed by atoms with Crippen LogP contribution in [0.25, 0.3) is 0 Å². The molecule has 122 valence electrons. The molecule has 1 rings (SSSR count). The minimum absolute atomic E-state index is 0.0400. The van der Waals surface area contributed by atoms with Crippen molar-refractivity contribution in [3.63, 3.8) is 0 Å². The van der Waals surface area contributed by atoms with Gasteiger partial charge in [-0.05, 0) is 19.4 Å². The molecule has 0 bridgehead atoms. The Balaban J connectivity index is 3.37. The number of hydrogen-bond donors (Lipinski definition) is 1. The molecule has 7 nitrogen and oxygen atoms in total. The lowest BCUT2D eigenvalue weighted by Crippen LogP contribution is -2.36. The summed E-state index contributed by atoms with van der Waals surface area (Å²) in [6.07, 6.45) is 0. The lowest BCUT2D eigenvalue weighted by molar-refractivity contribution is -0.161.